The van der Waals surface area contributed by atoms with Crippen molar-refractivity contribution < 1.29 is 9.90 Å². The number of aromatic amines is 1. The monoisotopic (exact) mass is 224 g/mol. The van der Waals surface area contributed by atoms with Crippen molar-refractivity contribution in [1.82, 2.24) is 9.97 Å². The van der Waals surface area contributed by atoms with Gasteiger partial charge in [-0.2, -0.15) is 0 Å². The quantitative estimate of drug-likeness (QED) is 0.823. The van der Waals surface area contributed by atoms with Crippen molar-refractivity contribution >= 4 is 28.6 Å². The van der Waals surface area contributed by atoms with Crippen LogP contribution in [-0.4, -0.2) is 21.0 Å². The van der Waals surface area contributed by atoms with E-state index < -0.39 is 11.9 Å². The number of imidazole rings is 1. The summed E-state index contributed by atoms with van der Waals surface area (Å²) in [5.41, 5.74) is 2.09. The molecule has 0 saturated carbocycles. The Labute approximate surface area is 90.9 Å². The van der Waals surface area contributed by atoms with Crippen LogP contribution in [0.15, 0.2) is 18.5 Å². The molecule has 2 N–H and O–H groups in total. The highest BCUT2D eigenvalue weighted by Gasteiger charge is 2.16. The number of carboxylic acid groups (broad SMARTS) is 1. The number of fused-ring (bicyclic) bond motifs is 1. The molecule has 1 atom stereocenters. The van der Waals surface area contributed by atoms with Crippen LogP contribution in [-0.2, 0) is 4.79 Å². The van der Waals surface area contributed by atoms with E-state index in [0.717, 1.165) is 5.52 Å². The predicted octanol–water partition coefficient (Wildman–Crippen LogP) is 2.40. The number of nitrogens with zero attached hydrogens (tertiary/aromatic N) is 1. The molecule has 2 aromatic rings. The maximum atomic E-state index is 10.8. The third-order valence-corrected chi connectivity index (χ3v) is 2.66. The van der Waals surface area contributed by atoms with Crippen LogP contribution in [0.5, 0.6) is 0 Å². The van der Waals surface area contributed by atoms with Gasteiger partial charge in [0.05, 0.1) is 22.8 Å². The van der Waals surface area contributed by atoms with Crippen molar-refractivity contribution in [2.24, 2.45) is 0 Å². The van der Waals surface area contributed by atoms with E-state index in [1.165, 1.54) is 6.33 Å². The Hall–Kier alpha value is -1.55. The molecule has 0 fully saturated rings. The lowest BCUT2D eigenvalue weighted by atomic mass is 10.0. The SMILES string of the molecule is CC(C(=O)O)c1cc(Cl)c2nc[nH]c2c1. The number of hydrogen-bond acceptors (Lipinski definition) is 2. The number of hydrogen-bond donors (Lipinski definition) is 2. The van der Waals surface area contributed by atoms with Gasteiger partial charge in [-0.15, -0.1) is 0 Å². The molecule has 0 aliphatic carbocycles. The molecule has 78 valence electrons. The van der Waals surface area contributed by atoms with E-state index in [1.54, 1.807) is 19.1 Å². The third-order valence-electron chi connectivity index (χ3n) is 2.37. The van der Waals surface area contributed by atoms with E-state index in [2.05, 4.69) is 9.97 Å². The zero-order chi connectivity index (χ0) is 11.0. The standard InChI is InChI=1S/C10H9ClN2O2/c1-5(10(14)15)6-2-7(11)9-8(3-6)12-4-13-9/h2-5H,1H3,(H,12,13)(H,14,15). The smallest absolute Gasteiger partial charge is 0.310 e. The first-order chi connectivity index (χ1) is 7.09. The molecule has 0 bridgehead atoms. The number of aromatic nitrogens is 2. The Morgan fingerprint density at radius 2 is 2.33 bits per heavy atom. The van der Waals surface area contributed by atoms with Crippen LogP contribution in [0.1, 0.15) is 18.4 Å². The van der Waals surface area contributed by atoms with Gasteiger partial charge in [-0.1, -0.05) is 11.6 Å². The van der Waals surface area contributed by atoms with E-state index >= 15 is 0 Å². The Morgan fingerprint density at radius 3 is 3.00 bits per heavy atom. The van der Waals surface area contributed by atoms with Gasteiger partial charge in [0, 0.05) is 0 Å². The van der Waals surface area contributed by atoms with Gasteiger partial charge in [0.25, 0.3) is 0 Å². The zero-order valence-corrected chi connectivity index (χ0v) is 8.75. The van der Waals surface area contributed by atoms with Gasteiger partial charge in [-0.05, 0) is 24.6 Å². The van der Waals surface area contributed by atoms with E-state index in [1.807, 2.05) is 0 Å². The van der Waals surface area contributed by atoms with Crippen LogP contribution in [0.4, 0.5) is 0 Å². The predicted molar refractivity (Wildman–Crippen MR) is 57.2 cm³/mol. The molecule has 0 aliphatic heterocycles. The second kappa shape index (κ2) is 3.55. The van der Waals surface area contributed by atoms with Gasteiger partial charge >= 0.3 is 5.97 Å². The van der Waals surface area contributed by atoms with Gasteiger partial charge in [0.15, 0.2) is 0 Å². The number of carbonyl (C=O) groups is 1. The summed E-state index contributed by atoms with van der Waals surface area (Å²) >= 11 is 5.98. The number of nitrogens with one attached hydrogen (secondary N) is 1. The normalized spacial score (nSPS) is 12.9. The summed E-state index contributed by atoms with van der Waals surface area (Å²) in [6.45, 7) is 1.62. The Morgan fingerprint density at radius 1 is 1.60 bits per heavy atom. The molecule has 0 aliphatic rings. The van der Waals surface area contributed by atoms with Gasteiger partial charge in [0.2, 0.25) is 0 Å². The third kappa shape index (κ3) is 1.68. The van der Waals surface area contributed by atoms with Crippen LogP contribution in [0.2, 0.25) is 5.02 Å². The van der Waals surface area contributed by atoms with Crippen molar-refractivity contribution in [1.29, 1.82) is 0 Å². The van der Waals surface area contributed by atoms with Crippen LogP contribution < -0.4 is 0 Å². The van der Waals surface area contributed by atoms with Gasteiger partial charge in [0.1, 0.15) is 5.52 Å². The molecular weight excluding hydrogens is 216 g/mol. The summed E-state index contributed by atoms with van der Waals surface area (Å²) in [5, 5.41) is 9.35. The van der Waals surface area contributed by atoms with E-state index in [9.17, 15) is 4.79 Å². The summed E-state index contributed by atoms with van der Waals surface area (Å²) in [7, 11) is 0. The van der Waals surface area contributed by atoms with Crippen molar-refractivity contribution in [2.75, 3.05) is 0 Å². The maximum absolute atomic E-state index is 10.8. The van der Waals surface area contributed by atoms with Gasteiger partial charge in [-0.3, -0.25) is 4.79 Å². The summed E-state index contributed by atoms with van der Waals surface area (Å²) in [5.74, 6) is -1.44. The lowest BCUT2D eigenvalue weighted by molar-refractivity contribution is -0.138. The van der Waals surface area contributed by atoms with Gasteiger partial charge in [-0.25, -0.2) is 4.98 Å². The van der Waals surface area contributed by atoms with E-state index in [-0.39, 0.29) is 0 Å². The Bertz CT molecular complexity index is 521. The van der Waals surface area contributed by atoms with Crippen LogP contribution in [0.25, 0.3) is 11.0 Å². The number of halogens is 1. The highest BCUT2D eigenvalue weighted by molar-refractivity contribution is 6.35. The second-order valence-corrected chi connectivity index (χ2v) is 3.77. The minimum absolute atomic E-state index is 0.469. The fourth-order valence-electron chi connectivity index (χ4n) is 1.42. The molecule has 0 saturated heterocycles. The molecule has 1 unspecified atom stereocenters. The minimum Gasteiger partial charge on any atom is -0.481 e. The first-order valence-electron chi connectivity index (χ1n) is 4.45. The topological polar surface area (TPSA) is 66.0 Å². The van der Waals surface area contributed by atoms with E-state index in [4.69, 9.17) is 16.7 Å². The summed E-state index contributed by atoms with van der Waals surface area (Å²) < 4.78 is 0. The average Bonchev–Trinajstić information content (AvgIpc) is 2.64. The lowest BCUT2D eigenvalue weighted by Gasteiger charge is -2.06. The van der Waals surface area contributed by atoms with E-state index in [0.29, 0.717) is 16.1 Å². The molecule has 1 aromatic carbocycles. The molecule has 0 spiro atoms. The second-order valence-electron chi connectivity index (χ2n) is 3.36. The first-order valence-corrected chi connectivity index (χ1v) is 4.82. The number of carboxylic acids is 1. The number of rotatable bonds is 2. The highest BCUT2D eigenvalue weighted by atomic mass is 35.5. The minimum atomic E-state index is -0.870. The first kappa shape index (κ1) is 9.98. The number of benzene rings is 1. The summed E-state index contributed by atoms with van der Waals surface area (Å²) in [4.78, 5) is 17.8. The summed E-state index contributed by atoms with van der Waals surface area (Å²) in [6.07, 6.45) is 1.53. The molecule has 1 aromatic heterocycles. The highest BCUT2D eigenvalue weighted by Crippen LogP contribution is 2.26. The molecular formula is C10H9ClN2O2. The molecule has 1 heterocycles. The molecule has 5 heteroatoms. The molecule has 2 rings (SSSR count). The van der Waals surface area contributed by atoms with Crippen LogP contribution in [0.3, 0.4) is 0 Å². The van der Waals surface area contributed by atoms with Crippen molar-refractivity contribution in [3.8, 4) is 0 Å². The van der Waals surface area contributed by atoms with Crippen molar-refractivity contribution in [3.63, 3.8) is 0 Å². The molecule has 4 nitrogen and oxygen atoms in total. The Balaban J connectivity index is 2.58. The Kier molecular flexibility index (Phi) is 2.36. The maximum Gasteiger partial charge on any atom is 0.310 e. The summed E-state index contributed by atoms with van der Waals surface area (Å²) in [6, 6.07) is 3.40. The van der Waals surface area contributed by atoms with Crippen molar-refractivity contribution in [2.45, 2.75) is 12.8 Å². The fourth-order valence-corrected chi connectivity index (χ4v) is 1.70. The van der Waals surface area contributed by atoms with Crippen LogP contribution >= 0.6 is 11.6 Å². The zero-order valence-electron chi connectivity index (χ0n) is 7.99. The average molecular weight is 225 g/mol. The van der Waals surface area contributed by atoms with Gasteiger partial charge < -0.3 is 10.1 Å². The lowest BCUT2D eigenvalue weighted by Crippen LogP contribution is -2.07. The fraction of sp³-hybridized carbons (Fsp3) is 0.200. The molecule has 15 heavy (non-hydrogen) atoms. The van der Waals surface area contributed by atoms with Crippen molar-refractivity contribution in [3.05, 3.63) is 29.0 Å². The number of H-pyrrole nitrogens is 1. The molecule has 0 amide bonds. The largest absolute Gasteiger partial charge is 0.481 e. The van der Waals surface area contributed by atoms with Crippen LogP contribution in [0, 0.1) is 0 Å². The molecule has 0 radical (unpaired) electrons. The number of aliphatic carboxylic acids is 1.